The third-order valence-corrected chi connectivity index (χ3v) is 2.69. The van der Waals surface area contributed by atoms with Gasteiger partial charge >= 0.3 is 0 Å². The summed E-state index contributed by atoms with van der Waals surface area (Å²) in [7, 11) is 0. The van der Waals surface area contributed by atoms with Crippen molar-refractivity contribution in [3.8, 4) is 6.07 Å². The van der Waals surface area contributed by atoms with Crippen LogP contribution in [0.25, 0.3) is 0 Å². The van der Waals surface area contributed by atoms with Gasteiger partial charge in [0.1, 0.15) is 5.76 Å². The summed E-state index contributed by atoms with van der Waals surface area (Å²) in [6.07, 6.45) is 5.30. The molecule has 1 atom stereocenters. The number of nitrogens with zero attached hydrogens (tertiary/aromatic N) is 2. The number of furan rings is 1. The van der Waals surface area contributed by atoms with E-state index >= 15 is 0 Å². The topological polar surface area (TPSA) is 40.2 Å². The van der Waals surface area contributed by atoms with Crippen molar-refractivity contribution in [2.45, 2.75) is 25.3 Å². The molecule has 0 aliphatic carbocycles. The molecule has 0 saturated carbocycles. The molecule has 1 fully saturated rings. The fourth-order valence-electron chi connectivity index (χ4n) is 1.95. The highest BCUT2D eigenvalue weighted by atomic mass is 16.3. The molecule has 1 aromatic rings. The Balaban J connectivity index is 2.09. The predicted molar refractivity (Wildman–Crippen MR) is 52.5 cm³/mol. The standard InChI is InChI=1S/C11H14N2O/c12-9-10(11-5-4-8-14-11)13-6-2-1-3-7-13/h4-5,8,10H,1-3,6-7H2/t10-/m1/s1. The van der Waals surface area contributed by atoms with E-state index in [2.05, 4.69) is 11.0 Å². The maximum Gasteiger partial charge on any atom is 0.156 e. The first kappa shape index (κ1) is 9.29. The Labute approximate surface area is 83.9 Å². The van der Waals surface area contributed by atoms with Gasteiger partial charge in [-0.15, -0.1) is 0 Å². The fraction of sp³-hybridized carbons (Fsp3) is 0.545. The van der Waals surface area contributed by atoms with Crippen LogP contribution in [0.1, 0.15) is 31.1 Å². The number of hydrogen-bond donors (Lipinski definition) is 0. The Hall–Kier alpha value is -1.27. The summed E-state index contributed by atoms with van der Waals surface area (Å²) < 4.78 is 5.28. The quantitative estimate of drug-likeness (QED) is 0.718. The molecule has 0 radical (unpaired) electrons. The van der Waals surface area contributed by atoms with Crippen LogP contribution in [0.5, 0.6) is 0 Å². The van der Waals surface area contributed by atoms with E-state index in [0.29, 0.717) is 0 Å². The summed E-state index contributed by atoms with van der Waals surface area (Å²) in [5.74, 6) is 0.773. The van der Waals surface area contributed by atoms with Gasteiger partial charge in [-0.3, -0.25) is 4.90 Å². The minimum Gasteiger partial charge on any atom is -0.467 e. The molecular formula is C11H14N2O. The van der Waals surface area contributed by atoms with Crippen LogP contribution >= 0.6 is 0 Å². The predicted octanol–water partition coefficient (Wildman–Crippen LogP) is 2.33. The van der Waals surface area contributed by atoms with E-state index in [0.717, 1.165) is 18.8 Å². The van der Waals surface area contributed by atoms with Gasteiger partial charge in [-0.05, 0) is 38.1 Å². The third kappa shape index (κ3) is 1.80. The van der Waals surface area contributed by atoms with Crippen molar-refractivity contribution in [1.82, 2.24) is 4.90 Å². The molecule has 14 heavy (non-hydrogen) atoms. The van der Waals surface area contributed by atoms with Crippen molar-refractivity contribution in [1.29, 1.82) is 5.26 Å². The molecule has 3 heteroatoms. The lowest BCUT2D eigenvalue weighted by molar-refractivity contribution is 0.179. The Morgan fingerprint density at radius 2 is 2.14 bits per heavy atom. The summed E-state index contributed by atoms with van der Waals surface area (Å²) in [6.45, 7) is 2.03. The molecule has 0 unspecified atom stereocenters. The lowest BCUT2D eigenvalue weighted by atomic mass is 10.1. The number of likely N-dealkylation sites (tertiary alicyclic amines) is 1. The third-order valence-electron chi connectivity index (χ3n) is 2.69. The van der Waals surface area contributed by atoms with E-state index < -0.39 is 0 Å². The highest BCUT2D eigenvalue weighted by Crippen LogP contribution is 2.23. The van der Waals surface area contributed by atoms with E-state index in [1.54, 1.807) is 6.26 Å². The SMILES string of the molecule is N#C[C@H](c1ccco1)N1CCCCC1. The van der Waals surface area contributed by atoms with Crippen LogP contribution in [0.2, 0.25) is 0 Å². The molecule has 3 nitrogen and oxygen atoms in total. The van der Waals surface area contributed by atoms with Crippen molar-refractivity contribution in [3.63, 3.8) is 0 Å². The summed E-state index contributed by atoms with van der Waals surface area (Å²) in [4.78, 5) is 2.20. The molecule has 1 aliphatic heterocycles. The van der Waals surface area contributed by atoms with Crippen molar-refractivity contribution in [2.24, 2.45) is 0 Å². The van der Waals surface area contributed by atoms with E-state index in [9.17, 15) is 0 Å². The Kier molecular flexibility index (Phi) is 2.85. The second-order valence-electron chi connectivity index (χ2n) is 3.64. The summed E-state index contributed by atoms with van der Waals surface area (Å²) in [5, 5.41) is 9.10. The Bertz CT molecular complexity index is 307. The lowest BCUT2D eigenvalue weighted by Crippen LogP contribution is -2.32. The zero-order chi connectivity index (χ0) is 9.80. The second-order valence-corrected chi connectivity index (χ2v) is 3.64. The molecule has 1 aliphatic rings. The molecule has 2 rings (SSSR count). The van der Waals surface area contributed by atoms with Crippen molar-refractivity contribution in [3.05, 3.63) is 24.2 Å². The second kappa shape index (κ2) is 4.30. The van der Waals surface area contributed by atoms with Gasteiger partial charge in [-0.1, -0.05) is 6.42 Å². The molecular weight excluding hydrogens is 176 g/mol. The van der Waals surface area contributed by atoms with Crippen LogP contribution in [-0.4, -0.2) is 18.0 Å². The molecule has 0 spiro atoms. The molecule has 0 aromatic carbocycles. The molecule has 0 N–H and O–H groups in total. The molecule has 1 aromatic heterocycles. The van der Waals surface area contributed by atoms with Crippen LogP contribution in [0.4, 0.5) is 0 Å². The number of hydrogen-bond acceptors (Lipinski definition) is 3. The zero-order valence-corrected chi connectivity index (χ0v) is 8.15. The van der Waals surface area contributed by atoms with Gasteiger partial charge < -0.3 is 4.42 Å². The van der Waals surface area contributed by atoms with Gasteiger partial charge in [0.25, 0.3) is 0 Å². The fourth-order valence-corrected chi connectivity index (χ4v) is 1.95. The zero-order valence-electron chi connectivity index (χ0n) is 8.15. The Morgan fingerprint density at radius 1 is 1.36 bits per heavy atom. The highest BCUT2D eigenvalue weighted by Gasteiger charge is 2.23. The van der Waals surface area contributed by atoms with Crippen LogP contribution < -0.4 is 0 Å². The monoisotopic (exact) mass is 190 g/mol. The summed E-state index contributed by atoms with van der Waals surface area (Å²) >= 11 is 0. The first-order chi connectivity index (χ1) is 6.92. The van der Waals surface area contributed by atoms with E-state index in [1.165, 1.54) is 19.3 Å². The van der Waals surface area contributed by atoms with Gasteiger partial charge in [0, 0.05) is 0 Å². The minimum absolute atomic E-state index is 0.190. The smallest absolute Gasteiger partial charge is 0.156 e. The number of rotatable bonds is 2. The normalized spacial score (nSPS) is 20.2. The van der Waals surface area contributed by atoms with Crippen molar-refractivity contribution in [2.75, 3.05) is 13.1 Å². The number of nitriles is 1. The van der Waals surface area contributed by atoms with Gasteiger partial charge in [0.15, 0.2) is 6.04 Å². The van der Waals surface area contributed by atoms with Crippen LogP contribution in [-0.2, 0) is 0 Å². The molecule has 1 saturated heterocycles. The summed E-state index contributed by atoms with van der Waals surface area (Å²) in [5.41, 5.74) is 0. The van der Waals surface area contributed by atoms with E-state index in [-0.39, 0.29) is 6.04 Å². The van der Waals surface area contributed by atoms with Gasteiger partial charge in [-0.25, -0.2) is 0 Å². The molecule has 74 valence electrons. The van der Waals surface area contributed by atoms with Gasteiger partial charge in [-0.2, -0.15) is 5.26 Å². The summed E-state index contributed by atoms with van der Waals surface area (Å²) in [6, 6.07) is 5.83. The first-order valence-electron chi connectivity index (χ1n) is 5.09. The molecule has 0 amide bonds. The highest BCUT2D eigenvalue weighted by molar-refractivity contribution is 5.13. The van der Waals surface area contributed by atoms with Crippen LogP contribution in [0, 0.1) is 11.3 Å². The average Bonchev–Trinajstić information content (AvgIpc) is 2.74. The largest absolute Gasteiger partial charge is 0.467 e. The van der Waals surface area contributed by atoms with Crippen molar-refractivity contribution < 1.29 is 4.42 Å². The maximum atomic E-state index is 9.10. The first-order valence-corrected chi connectivity index (χ1v) is 5.09. The maximum absolute atomic E-state index is 9.10. The van der Waals surface area contributed by atoms with Gasteiger partial charge in [0.2, 0.25) is 0 Å². The molecule has 2 heterocycles. The van der Waals surface area contributed by atoms with E-state index in [4.69, 9.17) is 9.68 Å². The van der Waals surface area contributed by atoms with Crippen LogP contribution in [0.15, 0.2) is 22.8 Å². The van der Waals surface area contributed by atoms with Crippen LogP contribution in [0.3, 0.4) is 0 Å². The molecule has 0 bridgehead atoms. The average molecular weight is 190 g/mol. The van der Waals surface area contributed by atoms with Crippen molar-refractivity contribution >= 4 is 0 Å². The van der Waals surface area contributed by atoms with Gasteiger partial charge in [0.05, 0.1) is 12.3 Å². The van der Waals surface area contributed by atoms with E-state index in [1.807, 2.05) is 12.1 Å². The number of piperidine rings is 1. The lowest BCUT2D eigenvalue weighted by Gasteiger charge is -2.29. The minimum atomic E-state index is -0.190. The Morgan fingerprint density at radius 3 is 2.71 bits per heavy atom.